The van der Waals surface area contributed by atoms with Crippen LogP contribution in [0.2, 0.25) is 0 Å². The van der Waals surface area contributed by atoms with E-state index in [0.717, 1.165) is 49.8 Å². The summed E-state index contributed by atoms with van der Waals surface area (Å²) >= 11 is 0.743. The van der Waals surface area contributed by atoms with E-state index in [9.17, 15) is 17.6 Å². The highest BCUT2D eigenvalue weighted by molar-refractivity contribution is 8.00. The second-order valence-corrected chi connectivity index (χ2v) is 10.9. The molecule has 40 heavy (non-hydrogen) atoms. The molecule has 210 valence electrons. The van der Waals surface area contributed by atoms with Gasteiger partial charge >= 0.3 is 6.18 Å². The van der Waals surface area contributed by atoms with Gasteiger partial charge in [0.15, 0.2) is 5.82 Å². The molecule has 0 atom stereocenters. The molecule has 0 unspecified atom stereocenters. The van der Waals surface area contributed by atoms with E-state index in [0.29, 0.717) is 29.1 Å². The average molecular weight is 575 g/mol. The van der Waals surface area contributed by atoms with Crippen molar-refractivity contribution in [3.05, 3.63) is 72.2 Å². The van der Waals surface area contributed by atoms with Crippen molar-refractivity contribution < 1.29 is 22.0 Å². The summed E-state index contributed by atoms with van der Waals surface area (Å²) in [5.74, 6) is -1.14. The largest absolute Gasteiger partial charge is 0.417 e. The first-order valence-corrected chi connectivity index (χ1v) is 13.5. The Morgan fingerprint density at radius 3 is 2.45 bits per heavy atom. The molecule has 0 radical (unpaired) electrons. The zero-order valence-electron chi connectivity index (χ0n) is 21.8. The minimum atomic E-state index is -4.56. The monoisotopic (exact) mass is 574 g/mol. The number of anilines is 2. The number of pyridine rings is 1. The van der Waals surface area contributed by atoms with Crippen LogP contribution in [-0.2, 0) is 6.18 Å². The van der Waals surface area contributed by atoms with Gasteiger partial charge in [-0.3, -0.25) is 4.98 Å². The van der Waals surface area contributed by atoms with Gasteiger partial charge in [-0.1, -0.05) is 6.07 Å². The van der Waals surface area contributed by atoms with Crippen molar-refractivity contribution in [2.24, 2.45) is 0 Å². The second-order valence-electron chi connectivity index (χ2n) is 9.98. The summed E-state index contributed by atoms with van der Waals surface area (Å²) in [6, 6.07) is 8.93. The molecule has 5 rings (SSSR count). The van der Waals surface area contributed by atoms with Crippen LogP contribution in [0.5, 0.6) is 0 Å². The van der Waals surface area contributed by atoms with E-state index in [1.807, 2.05) is 0 Å². The molecule has 1 aliphatic rings. The number of hydrogen-bond acceptors (Lipinski definition) is 7. The molecule has 1 saturated carbocycles. The van der Waals surface area contributed by atoms with E-state index in [2.05, 4.69) is 44.0 Å². The fraction of sp³-hybridized carbons (Fsp3) is 0.321. The van der Waals surface area contributed by atoms with Gasteiger partial charge in [-0.25, -0.2) is 18.7 Å². The van der Waals surface area contributed by atoms with Crippen LogP contribution in [0.4, 0.5) is 33.6 Å². The molecule has 12 heteroatoms. The van der Waals surface area contributed by atoms with E-state index in [4.69, 9.17) is 0 Å². The Labute approximate surface area is 232 Å². The summed E-state index contributed by atoms with van der Waals surface area (Å²) < 4.78 is 71.8. The van der Waals surface area contributed by atoms with Crippen LogP contribution >= 0.6 is 11.9 Å². The molecule has 2 heterocycles. The Kier molecular flexibility index (Phi) is 8.09. The van der Waals surface area contributed by atoms with Crippen molar-refractivity contribution in [1.82, 2.24) is 19.9 Å². The predicted octanol–water partition coefficient (Wildman–Crippen LogP) is 7.39. The topological polar surface area (TPSA) is 66.0 Å². The van der Waals surface area contributed by atoms with E-state index in [1.54, 1.807) is 24.4 Å². The van der Waals surface area contributed by atoms with Gasteiger partial charge in [0.25, 0.3) is 0 Å². The number of benzene rings is 2. The Hall–Kier alpha value is -3.51. The quantitative estimate of drug-likeness (QED) is 0.176. The smallest absolute Gasteiger partial charge is 0.351 e. The second kappa shape index (κ2) is 11.5. The molecule has 0 amide bonds. The summed E-state index contributed by atoms with van der Waals surface area (Å²) in [6.45, 7) is 0. The molecule has 2 N–H and O–H groups in total. The van der Waals surface area contributed by atoms with Gasteiger partial charge in [0.2, 0.25) is 5.95 Å². The number of nitrogens with one attached hydrogen (secondary N) is 2. The van der Waals surface area contributed by atoms with Gasteiger partial charge < -0.3 is 14.9 Å². The molecule has 0 aliphatic heterocycles. The fourth-order valence-electron chi connectivity index (χ4n) is 4.82. The Morgan fingerprint density at radius 2 is 1.73 bits per heavy atom. The fourth-order valence-corrected chi connectivity index (χ4v) is 5.50. The average Bonchev–Trinajstić information content (AvgIpc) is 2.93. The standard InChI is InChI=1S/C28H27F5N6S/c1-39(2)20-6-4-19(5-7-20)36-27-35-13-17-11-16(3-9-23(17)37-27)25-22(29)8-10-24(26(25)30)38-40-21-12-18(14-34-15-21)28(31,32)33/h3,8-15,19-20,38H,4-7H2,1-2H3,(H,35,36,37). The maximum atomic E-state index is 15.4. The van der Waals surface area contributed by atoms with Gasteiger partial charge in [-0.2, -0.15) is 13.2 Å². The first-order valence-electron chi connectivity index (χ1n) is 12.7. The lowest BCUT2D eigenvalue weighted by molar-refractivity contribution is -0.138. The van der Waals surface area contributed by atoms with Crippen molar-refractivity contribution in [3.63, 3.8) is 0 Å². The van der Waals surface area contributed by atoms with Gasteiger partial charge in [-0.15, -0.1) is 0 Å². The molecule has 2 aromatic carbocycles. The summed E-state index contributed by atoms with van der Waals surface area (Å²) in [5.41, 5.74) is -0.365. The SMILES string of the molecule is CN(C)C1CCC(Nc2ncc3cc(-c4c(F)ccc(NSc5cncc(C(F)(F)F)c5)c4F)ccc3n2)CC1. The minimum absolute atomic E-state index is 0.0845. The zero-order valence-corrected chi connectivity index (χ0v) is 22.6. The molecule has 4 aromatic rings. The number of hydrogen-bond donors (Lipinski definition) is 2. The summed E-state index contributed by atoms with van der Waals surface area (Å²) in [6.07, 6.45) is 3.23. The number of aromatic nitrogens is 3. The van der Waals surface area contributed by atoms with Gasteiger partial charge in [0.1, 0.15) is 5.82 Å². The Bertz CT molecular complexity index is 1500. The van der Waals surface area contributed by atoms with Crippen molar-refractivity contribution in [2.45, 2.75) is 48.8 Å². The Morgan fingerprint density at radius 1 is 0.950 bits per heavy atom. The van der Waals surface area contributed by atoms with Gasteiger partial charge in [-0.05, 0) is 87.6 Å². The van der Waals surface area contributed by atoms with E-state index < -0.39 is 23.4 Å². The van der Waals surface area contributed by atoms with Crippen LogP contribution in [0.3, 0.4) is 0 Å². The zero-order chi connectivity index (χ0) is 28.4. The molecular weight excluding hydrogens is 547 g/mol. The normalized spacial score (nSPS) is 17.8. The van der Waals surface area contributed by atoms with Gasteiger partial charge in [0, 0.05) is 41.0 Å². The van der Waals surface area contributed by atoms with Crippen LogP contribution in [0, 0.1) is 11.6 Å². The maximum absolute atomic E-state index is 15.4. The first-order chi connectivity index (χ1) is 19.1. The number of rotatable bonds is 7. The molecule has 0 spiro atoms. The maximum Gasteiger partial charge on any atom is 0.417 e. The third-order valence-electron chi connectivity index (χ3n) is 7.04. The van der Waals surface area contributed by atoms with Crippen LogP contribution in [-0.4, -0.2) is 46.0 Å². The number of halogens is 5. The molecular formula is C28H27F5N6S. The van der Waals surface area contributed by atoms with Crippen LogP contribution < -0.4 is 10.0 Å². The van der Waals surface area contributed by atoms with E-state index in [-0.39, 0.29) is 27.8 Å². The van der Waals surface area contributed by atoms with Gasteiger partial charge in [0.05, 0.1) is 22.3 Å². The first kappa shape index (κ1) is 28.0. The highest BCUT2D eigenvalue weighted by atomic mass is 32.2. The third kappa shape index (κ3) is 6.28. The van der Waals surface area contributed by atoms with Crippen LogP contribution in [0.1, 0.15) is 31.2 Å². The summed E-state index contributed by atoms with van der Waals surface area (Å²) in [4.78, 5) is 15.0. The van der Waals surface area contributed by atoms with Crippen LogP contribution in [0.25, 0.3) is 22.0 Å². The molecule has 1 fully saturated rings. The lowest BCUT2D eigenvalue weighted by Gasteiger charge is -2.32. The number of nitrogens with zero attached hydrogens (tertiary/aromatic N) is 4. The highest BCUT2D eigenvalue weighted by Crippen LogP contribution is 2.35. The summed E-state index contributed by atoms with van der Waals surface area (Å²) in [7, 11) is 4.20. The molecule has 0 saturated heterocycles. The number of fused-ring (bicyclic) bond motifs is 1. The predicted molar refractivity (Wildman–Crippen MR) is 147 cm³/mol. The van der Waals surface area contributed by atoms with Crippen molar-refractivity contribution in [2.75, 3.05) is 24.1 Å². The molecule has 2 aromatic heterocycles. The molecule has 0 bridgehead atoms. The lowest BCUT2D eigenvalue weighted by atomic mass is 9.91. The van der Waals surface area contributed by atoms with E-state index >= 15 is 4.39 Å². The number of alkyl halides is 3. The minimum Gasteiger partial charge on any atom is -0.351 e. The van der Waals surface area contributed by atoms with E-state index in [1.165, 1.54) is 12.3 Å². The van der Waals surface area contributed by atoms with Crippen molar-refractivity contribution >= 4 is 34.5 Å². The van der Waals surface area contributed by atoms with Crippen molar-refractivity contribution in [1.29, 1.82) is 0 Å². The highest BCUT2D eigenvalue weighted by Gasteiger charge is 2.31. The third-order valence-corrected chi connectivity index (χ3v) is 7.82. The van der Waals surface area contributed by atoms with Crippen molar-refractivity contribution in [3.8, 4) is 11.1 Å². The molecule has 6 nitrogen and oxygen atoms in total. The molecule has 1 aliphatic carbocycles. The Balaban J connectivity index is 1.32. The van der Waals surface area contributed by atoms with Crippen LogP contribution in [0.15, 0.2) is 59.9 Å². The summed E-state index contributed by atoms with van der Waals surface area (Å²) in [5, 5.41) is 4.02. The lowest BCUT2D eigenvalue weighted by Crippen LogP contribution is -2.36.